The molecular formula is C12H16N2S. The van der Waals surface area contributed by atoms with Crippen LogP contribution in [-0.2, 0) is 6.42 Å². The predicted octanol–water partition coefficient (Wildman–Crippen LogP) is 3.41. The summed E-state index contributed by atoms with van der Waals surface area (Å²) in [7, 11) is 0. The highest BCUT2D eigenvalue weighted by Gasteiger charge is 2.35. The van der Waals surface area contributed by atoms with Crippen LogP contribution in [-0.4, -0.2) is 4.98 Å². The largest absolute Gasteiger partial charge is 0.250 e. The lowest BCUT2D eigenvalue weighted by atomic mass is 9.70. The first-order valence-electron chi connectivity index (χ1n) is 5.54. The Hall–Kier alpha value is -0.880. The van der Waals surface area contributed by atoms with Gasteiger partial charge in [-0.15, -0.1) is 11.3 Å². The van der Waals surface area contributed by atoms with Crippen LogP contribution in [0.1, 0.15) is 37.6 Å². The normalized spacial score (nSPS) is 31.1. The third-order valence-corrected chi connectivity index (χ3v) is 4.22. The maximum atomic E-state index is 9.35. The Balaban J connectivity index is 2.07. The first-order chi connectivity index (χ1) is 7.24. The molecule has 80 valence electrons. The van der Waals surface area contributed by atoms with Gasteiger partial charge in [-0.2, -0.15) is 5.26 Å². The smallest absolute Gasteiger partial charge is 0.0940 e. The lowest BCUT2D eigenvalue weighted by molar-refractivity contribution is 0.218. The summed E-state index contributed by atoms with van der Waals surface area (Å²) in [5, 5.41) is 12.5. The molecule has 0 radical (unpaired) electrons. The average molecular weight is 220 g/mol. The zero-order valence-corrected chi connectivity index (χ0v) is 9.89. The SMILES string of the molecule is CC1CCC(C#N)(Cc2nccs2)CC1. The van der Waals surface area contributed by atoms with Gasteiger partial charge in [-0.25, -0.2) is 4.98 Å². The highest BCUT2D eigenvalue weighted by Crippen LogP contribution is 2.41. The van der Waals surface area contributed by atoms with Crippen LogP contribution < -0.4 is 0 Å². The fourth-order valence-electron chi connectivity index (χ4n) is 2.27. The third-order valence-electron chi connectivity index (χ3n) is 3.44. The van der Waals surface area contributed by atoms with Crippen LogP contribution in [0.2, 0.25) is 0 Å². The van der Waals surface area contributed by atoms with Crippen molar-refractivity contribution in [1.29, 1.82) is 5.26 Å². The highest BCUT2D eigenvalue weighted by molar-refractivity contribution is 7.09. The molecular weight excluding hydrogens is 204 g/mol. The second kappa shape index (κ2) is 4.32. The molecule has 1 saturated carbocycles. The van der Waals surface area contributed by atoms with Gasteiger partial charge in [0.25, 0.3) is 0 Å². The number of rotatable bonds is 2. The quantitative estimate of drug-likeness (QED) is 0.766. The minimum absolute atomic E-state index is 0.121. The first-order valence-corrected chi connectivity index (χ1v) is 6.42. The maximum Gasteiger partial charge on any atom is 0.0940 e. The van der Waals surface area contributed by atoms with Gasteiger partial charge in [-0.3, -0.25) is 0 Å². The van der Waals surface area contributed by atoms with E-state index in [1.807, 2.05) is 11.6 Å². The Morgan fingerprint density at radius 1 is 1.60 bits per heavy atom. The van der Waals surface area contributed by atoms with Gasteiger partial charge >= 0.3 is 0 Å². The van der Waals surface area contributed by atoms with E-state index in [9.17, 15) is 5.26 Å². The number of nitrogens with zero attached hydrogens (tertiary/aromatic N) is 2. The van der Waals surface area contributed by atoms with Crippen molar-refractivity contribution in [2.24, 2.45) is 11.3 Å². The van der Waals surface area contributed by atoms with E-state index in [1.54, 1.807) is 11.3 Å². The van der Waals surface area contributed by atoms with Crippen LogP contribution >= 0.6 is 11.3 Å². The molecule has 0 atom stereocenters. The van der Waals surface area contributed by atoms with Gasteiger partial charge in [-0.1, -0.05) is 6.92 Å². The molecule has 0 saturated heterocycles. The lowest BCUT2D eigenvalue weighted by Crippen LogP contribution is -2.27. The van der Waals surface area contributed by atoms with E-state index in [1.165, 1.54) is 12.8 Å². The highest BCUT2D eigenvalue weighted by atomic mass is 32.1. The van der Waals surface area contributed by atoms with Crippen molar-refractivity contribution < 1.29 is 0 Å². The Morgan fingerprint density at radius 3 is 2.87 bits per heavy atom. The minimum atomic E-state index is -0.121. The standard InChI is InChI=1S/C12H16N2S/c1-10-2-4-12(9-13,5-3-10)8-11-14-6-7-15-11/h6-7,10H,2-5,8H2,1H3. The monoisotopic (exact) mass is 220 g/mol. The van der Waals surface area contributed by atoms with E-state index in [2.05, 4.69) is 18.0 Å². The minimum Gasteiger partial charge on any atom is -0.250 e. The van der Waals surface area contributed by atoms with Crippen LogP contribution in [0.5, 0.6) is 0 Å². The Kier molecular flexibility index (Phi) is 3.06. The molecule has 1 heterocycles. The van der Waals surface area contributed by atoms with E-state index < -0.39 is 0 Å². The van der Waals surface area contributed by atoms with Crippen molar-refractivity contribution in [3.05, 3.63) is 16.6 Å². The Bertz CT molecular complexity index is 342. The van der Waals surface area contributed by atoms with E-state index >= 15 is 0 Å². The molecule has 15 heavy (non-hydrogen) atoms. The molecule has 2 nitrogen and oxygen atoms in total. The van der Waals surface area contributed by atoms with Crippen LogP contribution in [0.15, 0.2) is 11.6 Å². The van der Waals surface area contributed by atoms with Crippen LogP contribution in [0.3, 0.4) is 0 Å². The molecule has 0 amide bonds. The second-order valence-corrected chi connectivity index (χ2v) is 5.66. The fraction of sp³-hybridized carbons (Fsp3) is 0.667. The van der Waals surface area contributed by atoms with Gasteiger partial charge in [0.1, 0.15) is 0 Å². The number of aromatic nitrogens is 1. The van der Waals surface area contributed by atoms with Gasteiger partial charge in [0.2, 0.25) is 0 Å². The molecule has 0 aliphatic heterocycles. The maximum absolute atomic E-state index is 9.35. The summed E-state index contributed by atoms with van der Waals surface area (Å²) in [6, 6.07) is 2.54. The zero-order valence-electron chi connectivity index (χ0n) is 9.07. The van der Waals surface area contributed by atoms with Gasteiger partial charge in [-0.05, 0) is 31.6 Å². The first kappa shape index (κ1) is 10.6. The number of hydrogen-bond donors (Lipinski definition) is 0. The van der Waals surface area contributed by atoms with Crippen LogP contribution in [0.25, 0.3) is 0 Å². The number of hydrogen-bond acceptors (Lipinski definition) is 3. The molecule has 1 aromatic rings. The summed E-state index contributed by atoms with van der Waals surface area (Å²) in [5.41, 5.74) is -0.121. The second-order valence-electron chi connectivity index (χ2n) is 4.68. The Labute approximate surface area is 95.0 Å². The molecule has 1 aromatic heterocycles. The summed E-state index contributed by atoms with van der Waals surface area (Å²) in [4.78, 5) is 4.29. The van der Waals surface area contributed by atoms with E-state index in [4.69, 9.17) is 0 Å². The van der Waals surface area contributed by atoms with Crippen molar-refractivity contribution in [1.82, 2.24) is 4.98 Å². The molecule has 0 spiro atoms. The Morgan fingerprint density at radius 2 is 2.33 bits per heavy atom. The summed E-state index contributed by atoms with van der Waals surface area (Å²) in [6.45, 7) is 2.28. The fourth-order valence-corrected chi connectivity index (χ4v) is 3.03. The zero-order chi connectivity index (χ0) is 10.7. The number of thiazole rings is 1. The third kappa shape index (κ3) is 2.38. The molecule has 0 N–H and O–H groups in total. The lowest BCUT2D eigenvalue weighted by Gasteiger charge is -2.32. The molecule has 1 fully saturated rings. The van der Waals surface area contributed by atoms with Crippen molar-refractivity contribution in [2.45, 2.75) is 39.0 Å². The number of nitriles is 1. The van der Waals surface area contributed by atoms with E-state index in [0.29, 0.717) is 0 Å². The molecule has 2 rings (SSSR count). The topological polar surface area (TPSA) is 36.7 Å². The van der Waals surface area contributed by atoms with Gasteiger partial charge in [0.05, 0.1) is 16.5 Å². The van der Waals surface area contributed by atoms with Gasteiger partial charge in [0, 0.05) is 18.0 Å². The molecule has 3 heteroatoms. The summed E-state index contributed by atoms with van der Waals surface area (Å²) in [6.07, 6.45) is 7.16. The summed E-state index contributed by atoms with van der Waals surface area (Å²) in [5.74, 6) is 0.794. The average Bonchev–Trinajstić information content (AvgIpc) is 2.75. The molecule has 0 unspecified atom stereocenters. The van der Waals surface area contributed by atoms with Crippen molar-refractivity contribution in [3.63, 3.8) is 0 Å². The molecule has 1 aliphatic rings. The van der Waals surface area contributed by atoms with Crippen LogP contribution in [0.4, 0.5) is 0 Å². The van der Waals surface area contributed by atoms with Crippen molar-refractivity contribution in [3.8, 4) is 6.07 Å². The van der Waals surface area contributed by atoms with Crippen molar-refractivity contribution >= 4 is 11.3 Å². The van der Waals surface area contributed by atoms with Gasteiger partial charge in [0.15, 0.2) is 0 Å². The van der Waals surface area contributed by atoms with E-state index in [-0.39, 0.29) is 5.41 Å². The summed E-state index contributed by atoms with van der Waals surface area (Å²) < 4.78 is 0. The molecule has 0 aromatic carbocycles. The van der Waals surface area contributed by atoms with Gasteiger partial charge < -0.3 is 0 Å². The van der Waals surface area contributed by atoms with E-state index in [0.717, 1.165) is 30.2 Å². The molecule has 1 aliphatic carbocycles. The van der Waals surface area contributed by atoms with Crippen LogP contribution in [0, 0.1) is 22.7 Å². The van der Waals surface area contributed by atoms with Crippen molar-refractivity contribution in [2.75, 3.05) is 0 Å². The predicted molar refractivity (Wildman–Crippen MR) is 61.5 cm³/mol. The summed E-state index contributed by atoms with van der Waals surface area (Å²) >= 11 is 1.67. The molecule has 0 bridgehead atoms.